The standard InChI is InChI=1S/C15H14BrFN2O/c1-10-8-11(2-5-13(10)17)3-7-15(20)19-14-6-4-12(16)9-18-14/h2,4-6,8-9H,3,7H2,1H3,(H,18,19,20). The van der Waals surface area contributed by atoms with Crippen LogP contribution in [0.1, 0.15) is 17.5 Å². The normalized spacial score (nSPS) is 10.3. The fraction of sp³-hybridized carbons (Fsp3) is 0.200. The Morgan fingerprint density at radius 2 is 2.15 bits per heavy atom. The van der Waals surface area contributed by atoms with E-state index in [1.807, 2.05) is 6.07 Å². The molecule has 0 fully saturated rings. The summed E-state index contributed by atoms with van der Waals surface area (Å²) in [5, 5.41) is 2.72. The second kappa shape index (κ2) is 6.61. The van der Waals surface area contributed by atoms with Crippen molar-refractivity contribution in [1.29, 1.82) is 0 Å². The summed E-state index contributed by atoms with van der Waals surface area (Å²) in [5.41, 5.74) is 1.54. The molecular formula is C15H14BrFN2O. The molecule has 1 amide bonds. The van der Waals surface area contributed by atoms with Gasteiger partial charge < -0.3 is 5.32 Å². The van der Waals surface area contributed by atoms with Crippen LogP contribution in [0.4, 0.5) is 10.2 Å². The Kier molecular flexibility index (Phi) is 4.84. The second-order valence-corrected chi connectivity index (χ2v) is 5.41. The summed E-state index contributed by atoms with van der Waals surface area (Å²) in [6.45, 7) is 1.71. The van der Waals surface area contributed by atoms with E-state index in [1.165, 1.54) is 6.07 Å². The molecule has 0 spiro atoms. The van der Waals surface area contributed by atoms with Crippen LogP contribution < -0.4 is 5.32 Å². The SMILES string of the molecule is Cc1cc(CCC(=O)Nc2ccc(Br)cn2)ccc1F. The zero-order valence-corrected chi connectivity index (χ0v) is 12.6. The van der Waals surface area contributed by atoms with Crippen molar-refractivity contribution >= 4 is 27.7 Å². The van der Waals surface area contributed by atoms with Crippen LogP contribution in [0.15, 0.2) is 41.0 Å². The molecule has 20 heavy (non-hydrogen) atoms. The summed E-state index contributed by atoms with van der Waals surface area (Å²) >= 11 is 3.28. The van der Waals surface area contributed by atoms with Gasteiger partial charge in [-0.3, -0.25) is 4.79 Å². The van der Waals surface area contributed by atoms with E-state index in [0.29, 0.717) is 24.2 Å². The number of carbonyl (C=O) groups excluding carboxylic acids is 1. The van der Waals surface area contributed by atoms with Crippen molar-refractivity contribution in [3.8, 4) is 0 Å². The monoisotopic (exact) mass is 336 g/mol. The highest BCUT2D eigenvalue weighted by Gasteiger charge is 2.05. The molecule has 0 aliphatic heterocycles. The average Bonchev–Trinajstić information content (AvgIpc) is 2.43. The Labute approximate surface area is 125 Å². The minimum absolute atomic E-state index is 0.109. The fourth-order valence-corrected chi connectivity index (χ4v) is 2.01. The Balaban J connectivity index is 1.88. The van der Waals surface area contributed by atoms with Crippen molar-refractivity contribution in [3.05, 3.63) is 57.9 Å². The number of anilines is 1. The Bertz CT molecular complexity index is 614. The quantitative estimate of drug-likeness (QED) is 0.920. The van der Waals surface area contributed by atoms with Gasteiger partial charge in [0.15, 0.2) is 0 Å². The van der Waals surface area contributed by atoms with E-state index in [0.717, 1.165) is 10.0 Å². The highest BCUT2D eigenvalue weighted by Crippen LogP contribution is 2.13. The van der Waals surface area contributed by atoms with E-state index >= 15 is 0 Å². The lowest BCUT2D eigenvalue weighted by Crippen LogP contribution is -2.13. The first-order valence-electron chi connectivity index (χ1n) is 6.21. The molecule has 1 aromatic carbocycles. The Morgan fingerprint density at radius 3 is 2.80 bits per heavy atom. The van der Waals surface area contributed by atoms with Crippen molar-refractivity contribution in [2.24, 2.45) is 0 Å². The summed E-state index contributed by atoms with van der Waals surface area (Å²) in [4.78, 5) is 15.9. The number of aryl methyl sites for hydroxylation is 2. The number of benzene rings is 1. The number of rotatable bonds is 4. The molecule has 1 heterocycles. The van der Waals surface area contributed by atoms with Crippen LogP contribution in [0.5, 0.6) is 0 Å². The number of carbonyl (C=O) groups is 1. The predicted molar refractivity (Wildman–Crippen MR) is 80.0 cm³/mol. The van der Waals surface area contributed by atoms with Crippen LogP contribution in [0.25, 0.3) is 0 Å². The zero-order valence-electron chi connectivity index (χ0n) is 11.0. The minimum Gasteiger partial charge on any atom is -0.311 e. The zero-order chi connectivity index (χ0) is 14.5. The van der Waals surface area contributed by atoms with Gasteiger partial charge in [-0.05, 0) is 58.6 Å². The van der Waals surface area contributed by atoms with Gasteiger partial charge in [-0.25, -0.2) is 9.37 Å². The molecule has 3 nitrogen and oxygen atoms in total. The molecule has 0 aliphatic rings. The van der Waals surface area contributed by atoms with Crippen molar-refractivity contribution < 1.29 is 9.18 Å². The van der Waals surface area contributed by atoms with Gasteiger partial charge in [0.1, 0.15) is 11.6 Å². The van der Waals surface area contributed by atoms with Gasteiger partial charge in [0.2, 0.25) is 5.91 Å². The van der Waals surface area contributed by atoms with Gasteiger partial charge in [-0.15, -0.1) is 0 Å². The molecule has 0 bridgehead atoms. The third-order valence-electron chi connectivity index (χ3n) is 2.86. The van der Waals surface area contributed by atoms with Crippen LogP contribution in [-0.4, -0.2) is 10.9 Å². The van der Waals surface area contributed by atoms with E-state index < -0.39 is 0 Å². The van der Waals surface area contributed by atoms with Gasteiger partial charge in [-0.1, -0.05) is 12.1 Å². The number of aromatic nitrogens is 1. The van der Waals surface area contributed by atoms with Crippen LogP contribution in [0.2, 0.25) is 0 Å². The maximum Gasteiger partial charge on any atom is 0.225 e. The van der Waals surface area contributed by atoms with E-state index in [1.54, 1.807) is 31.3 Å². The maximum absolute atomic E-state index is 13.1. The smallest absolute Gasteiger partial charge is 0.225 e. The van der Waals surface area contributed by atoms with Crippen molar-refractivity contribution in [2.45, 2.75) is 19.8 Å². The summed E-state index contributed by atoms with van der Waals surface area (Å²) in [7, 11) is 0. The molecular weight excluding hydrogens is 323 g/mol. The molecule has 0 radical (unpaired) electrons. The van der Waals surface area contributed by atoms with Gasteiger partial charge >= 0.3 is 0 Å². The lowest BCUT2D eigenvalue weighted by Gasteiger charge is -2.05. The molecule has 0 atom stereocenters. The lowest BCUT2D eigenvalue weighted by atomic mass is 10.1. The first-order valence-corrected chi connectivity index (χ1v) is 7.00. The lowest BCUT2D eigenvalue weighted by molar-refractivity contribution is -0.116. The summed E-state index contributed by atoms with van der Waals surface area (Å²) in [5.74, 6) is 0.188. The molecule has 2 rings (SSSR count). The van der Waals surface area contributed by atoms with E-state index in [9.17, 15) is 9.18 Å². The highest BCUT2D eigenvalue weighted by atomic mass is 79.9. The predicted octanol–water partition coefficient (Wildman–Crippen LogP) is 3.86. The van der Waals surface area contributed by atoms with Crippen molar-refractivity contribution in [2.75, 3.05) is 5.32 Å². The molecule has 0 saturated heterocycles. The molecule has 0 unspecified atom stereocenters. The summed E-state index contributed by atoms with van der Waals surface area (Å²) < 4.78 is 14.0. The van der Waals surface area contributed by atoms with Crippen LogP contribution in [0, 0.1) is 12.7 Å². The molecule has 0 saturated carbocycles. The second-order valence-electron chi connectivity index (χ2n) is 4.49. The average molecular weight is 337 g/mol. The number of nitrogens with one attached hydrogen (secondary N) is 1. The van der Waals surface area contributed by atoms with Gasteiger partial charge in [0, 0.05) is 17.1 Å². The van der Waals surface area contributed by atoms with Crippen molar-refractivity contribution in [1.82, 2.24) is 4.98 Å². The molecule has 104 valence electrons. The molecule has 2 aromatic rings. The molecule has 1 N–H and O–H groups in total. The number of pyridine rings is 1. The number of hydrogen-bond acceptors (Lipinski definition) is 2. The molecule has 1 aromatic heterocycles. The number of amides is 1. The fourth-order valence-electron chi connectivity index (χ4n) is 1.78. The molecule has 0 aliphatic carbocycles. The topological polar surface area (TPSA) is 42.0 Å². The third kappa shape index (κ3) is 4.13. The Hall–Kier alpha value is -1.75. The van der Waals surface area contributed by atoms with Gasteiger partial charge in [0.25, 0.3) is 0 Å². The van der Waals surface area contributed by atoms with Crippen LogP contribution in [0.3, 0.4) is 0 Å². The van der Waals surface area contributed by atoms with Crippen molar-refractivity contribution in [3.63, 3.8) is 0 Å². The Morgan fingerprint density at radius 1 is 1.35 bits per heavy atom. The summed E-state index contributed by atoms with van der Waals surface area (Å²) in [6.07, 6.45) is 2.53. The largest absolute Gasteiger partial charge is 0.311 e. The maximum atomic E-state index is 13.1. The summed E-state index contributed by atoms with van der Waals surface area (Å²) in [6, 6.07) is 8.43. The van der Waals surface area contributed by atoms with Crippen LogP contribution in [-0.2, 0) is 11.2 Å². The number of hydrogen-bond donors (Lipinski definition) is 1. The van der Waals surface area contributed by atoms with Gasteiger partial charge in [-0.2, -0.15) is 0 Å². The third-order valence-corrected chi connectivity index (χ3v) is 3.33. The first kappa shape index (κ1) is 14.7. The van der Waals surface area contributed by atoms with E-state index in [-0.39, 0.29) is 11.7 Å². The minimum atomic E-state index is -0.225. The molecule has 5 heteroatoms. The number of nitrogens with zero attached hydrogens (tertiary/aromatic N) is 1. The van der Waals surface area contributed by atoms with Crippen LogP contribution >= 0.6 is 15.9 Å². The first-order chi connectivity index (χ1) is 9.54. The van der Waals surface area contributed by atoms with E-state index in [2.05, 4.69) is 26.2 Å². The number of halogens is 2. The van der Waals surface area contributed by atoms with E-state index in [4.69, 9.17) is 0 Å². The highest BCUT2D eigenvalue weighted by molar-refractivity contribution is 9.10. The van der Waals surface area contributed by atoms with Gasteiger partial charge in [0.05, 0.1) is 0 Å².